The molecule has 230 valence electrons. The molecular weight excluding hydrogens is 624 g/mol. The third-order valence-electron chi connectivity index (χ3n) is 6.32. The number of methoxy groups -OCH3 is 1. The zero-order chi connectivity index (χ0) is 32.4. The lowest BCUT2D eigenvalue weighted by atomic mass is 10.1. The zero-order valence-corrected chi connectivity index (χ0v) is 25.2. The van der Waals surface area contributed by atoms with Crippen molar-refractivity contribution in [3.8, 4) is 11.5 Å². The molecule has 5 N–H and O–H groups in total. The van der Waals surface area contributed by atoms with Crippen LogP contribution in [0.25, 0.3) is 10.8 Å². The first-order chi connectivity index (χ1) is 21.4. The van der Waals surface area contributed by atoms with Crippen LogP contribution in [-0.2, 0) is 20.1 Å². The number of nitrogens with two attached hydrogens (primary N) is 1. The molecular formula is C28H24N8O7S2. The summed E-state index contributed by atoms with van der Waals surface area (Å²) in [5.74, 6) is -0.418. The molecule has 0 aliphatic rings. The molecule has 5 rings (SSSR count). The highest BCUT2D eigenvalue weighted by Gasteiger charge is 2.22. The molecule has 0 aliphatic heterocycles. The monoisotopic (exact) mass is 648 g/mol. The number of hydrogen-bond acceptors (Lipinski definition) is 13. The SMILES string of the molecule is COc1cc(N=Nc2ccc(S(=O)(=O)Nc3ncccn3)cc2)c(C)cc1N=Nc1c(S(=O)(=O)O)cc2ccc(N)cc2c1O. The van der Waals surface area contributed by atoms with Crippen molar-refractivity contribution in [1.82, 2.24) is 9.97 Å². The molecule has 0 atom stereocenters. The molecule has 0 radical (unpaired) electrons. The molecule has 0 saturated carbocycles. The van der Waals surface area contributed by atoms with Crippen LogP contribution in [0.4, 0.5) is 34.4 Å². The number of azo groups is 2. The quantitative estimate of drug-likeness (QED) is 0.0813. The van der Waals surface area contributed by atoms with Gasteiger partial charge in [-0.15, -0.1) is 10.2 Å². The van der Waals surface area contributed by atoms with E-state index in [1.54, 1.807) is 19.1 Å². The Morgan fingerprint density at radius 3 is 2.22 bits per heavy atom. The average Bonchev–Trinajstić information content (AvgIpc) is 3.00. The van der Waals surface area contributed by atoms with Crippen molar-refractivity contribution >= 4 is 65.3 Å². The lowest BCUT2D eigenvalue weighted by Gasteiger charge is -2.10. The van der Waals surface area contributed by atoms with Crippen molar-refractivity contribution in [2.45, 2.75) is 16.7 Å². The van der Waals surface area contributed by atoms with Gasteiger partial charge in [0.05, 0.1) is 23.4 Å². The molecule has 1 aromatic heterocycles. The number of nitrogens with zero attached hydrogens (tertiary/aromatic N) is 6. The van der Waals surface area contributed by atoms with Crippen LogP contribution in [0.3, 0.4) is 0 Å². The Balaban J connectivity index is 1.42. The minimum absolute atomic E-state index is 0.0282. The summed E-state index contributed by atoms with van der Waals surface area (Å²) in [7, 11) is -7.35. The number of aromatic nitrogens is 2. The third-order valence-corrected chi connectivity index (χ3v) is 8.53. The van der Waals surface area contributed by atoms with Crippen molar-refractivity contribution in [2.75, 3.05) is 17.6 Å². The Morgan fingerprint density at radius 2 is 1.56 bits per heavy atom. The third kappa shape index (κ3) is 6.85. The fourth-order valence-electron chi connectivity index (χ4n) is 4.10. The number of rotatable bonds is 9. The molecule has 0 saturated heterocycles. The van der Waals surface area contributed by atoms with E-state index in [2.05, 4.69) is 35.1 Å². The van der Waals surface area contributed by atoms with E-state index >= 15 is 0 Å². The number of phenolic OH excluding ortho intramolecular Hbond substituents is 1. The predicted octanol–water partition coefficient (Wildman–Crippen LogP) is 6.11. The van der Waals surface area contributed by atoms with E-state index in [4.69, 9.17) is 10.5 Å². The summed E-state index contributed by atoms with van der Waals surface area (Å²) >= 11 is 0. The fraction of sp³-hybridized carbons (Fsp3) is 0.0714. The molecule has 0 fully saturated rings. The summed E-state index contributed by atoms with van der Waals surface area (Å²) in [6.07, 6.45) is 2.82. The fourth-order valence-corrected chi connectivity index (χ4v) is 5.72. The Kier molecular flexibility index (Phi) is 8.40. The maximum atomic E-state index is 12.6. The van der Waals surface area contributed by atoms with Crippen LogP contribution in [0.15, 0.2) is 109 Å². The Labute approximate surface area is 257 Å². The van der Waals surface area contributed by atoms with E-state index < -0.39 is 36.5 Å². The summed E-state index contributed by atoms with van der Waals surface area (Å²) in [4.78, 5) is 7.02. The summed E-state index contributed by atoms with van der Waals surface area (Å²) in [5, 5.41) is 27.8. The lowest BCUT2D eigenvalue weighted by Crippen LogP contribution is -2.14. The van der Waals surface area contributed by atoms with Gasteiger partial charge in [0.2, 0.25) is 5.95 Å². The van der Waals surface area contributed by atoms with Crippen LogP contribution in [0.1, 0.15) is 5.56 Å². The first kappa shape index (κ1) is 30.9. The van der Waals surface area contributed by atoms with Gasteiger partial charge >= 0.3 is 0 Å². The topological polar surface area (TPSA) is 231 Å². The number of phenols is 1. The van der Waals surface area contributed by atoms with Crippen molar-refractivity contribution in [2.24, 2.45) is 20.5 Å². The Bertz CT molecular complexity index is 2190. The van der Waals surface area contributed by atoms with Gasteiger partial charge in [0.1, 0.15) is 22.0 Å². The number of ether oxygens (including phenoxy) is 1. The minimum Gasteiger partial charge on any atom is -0.505 e. The molecule has 0 spiro atoms. The van der Waals surface area contributed by atoms with E-state index in [1.807, 2.05) is 0 Å². The summed E-state index contributed by atoms with van der Waals surface area (Å²) in [6, 6.07) is 15.9. The molecule has 0 aliphatic carbocycles. The first-order valence-corrected chi connectivity index (χ1v) is 15.7. The van der Waals surface area contributed by atoms with Crippen molar-refractivity contribution in [3.05, 3.63) is 84.7 Å². The maximum Gasteiger partial charge on any atom is 0.296 e. The number of nitrogens with one attached hydrogen (secondary N) is 1. The van der Waals surface area contributed by atoms with Gasteiger partial charge in [0.25, 0.3) is 20.1 Å². The van der Waals surface area contributed by atoms with Crippen LogP contribution in [-0.4, -0.2) is 43.6 Å². The van der Waals surface area contributed by atoms with Gasteiger partial charge in [-0.2, -0.15) is 18.6 Å². The molecule has 5 aromatic rings. The Hall–Kier alpha value is -5.52. The number of nitrogen functional groups attached to an aromatic ring is 1. The van der Waals surface area contributed by atoms with Crippen molar-refractivity contribution in [1.29, 1.82) is 0 Å². The van der Waals surface area contributed by atoms with Crippen molar-refractivity contribution in [3.63, 3.8) is 0 Å². The second kappa shape index (κ2) is 12.2. The average molecular weight is 649 g/mol. The van der Waals surface area contributed by atoms with E-state index in [9.17, 15) is 26.5 Å². The van der Waals surface area contributed by atoms with E-state index in [-0.39, 0.29) is 27.7 Å². The number of aryl methyl sites for hydroxylation is 1. The zero-order valence-electron chi connectivity index (χ0n) is 23.5. The maximum absolute atomic E-state index is 12.6. The Morgan fingerprint density at radius 1 is 0.867 bits per heavy atom. The summed E-state index contributed by atoms with van der Waals surface area (Å²) in [5.41, 5.74) is 7.12. The van der Waals surface area contributed by atoms with Gasteiger partial charge in [-0.25, -0.2) is 23.1 Å². The van der Waals surface area contributed by atoms with Gasteiger partial charge in [0.15, 0.2) is 5.75 Å². The first-order valence-electron chi connectivity index (χ1n) is 12.8. The molecule has 4 aromatic carbocycles. The number of benzene rings is 4. The van der Waals surface area contributed by atoms with E-state index in [0.29, 0.717) is 28.0 Å². The molecule has 0 unspecified atom stereocenters. The molecule has 0 amide bonds. The van der Waals surface area contributed by atoms with Crippen molar-refractivity contribution < 1.29 is 31.2 Å². The van der Waals surface area contributed by atoms with Crippen LogP contribution < -0.4 is 15.2 Å². The molecule has 45 heavy (non-hydrogen) atoms. The van der Waals surface area contributed by atoms with E-state index in [1.165, 1.54) is 68.0 Å². The van der Waals surface area contributed by atoms with E-state index in [0.717, 1.165) is 6.07 Å². The number of aromatic hydroxyl groups is 1. The summed E-state index contributed by atoms with van der Waals surface area (Å²) < 4.78 is 66.9. The highest BCUT2D eigenvalue weighted by Crippen LogP contribution is 2.43. The molecule has 1 heterocycles. The van der Waals surface area contributed by atoms with Gasteiger partial charge in [0, 0.05) is 29.5 Å². The van der Waals surface area contributed by atoms with Crippen LogP contribution in [0.5, 0.6) is 11.5 Å². The second-order valence-corrected chi connectivity index (χ2v) is 12.5. The smallest absolute Gasteiger partial charge is 0.296 e. The molecule has 0 bridgehead atoms. The van der Waals surface area contributed by atoms with Crippen LogP contribution in [0.2, 0.25) is 0 Å². The van der Waals surface area contributed by atoms with Gasteiger partial charge in [-0.1, -0.05) is 6.07 Å². The number of fused-ring (bicyclic) bond motifs is 1. The van der Waals surface area contributed by atoms with Crippen LogP contribution in [0, 0.1) is 6.92 Å². The number of hydrogen-bond donors (Lipinski definition) is 4. The van der Waals surface area contributed by atoms with Gasteiger partial charge in [-0.05, 0) is 72.5 Å². The number of anilines is 2. The highest BCUT2D eigenvalue weighted by molar-refractivity contribution is 7.92. The standard InChI is InChI=1S/C28H24N8O7S2/c1-16-12-23(34-35-26-25(45(40,41)42)13-17-4-5-18(29)14-21(17)27(26)37)24(43-2)15-22(16)33-32-19-6-8-20(9-7-19)44(38,39)36-28-30-10-3-11-31-28/h3-15,37H,29H2,1-2H3,(H,30,31,36)(H,40,41,42). The minimum atomic E-state index is -4.80. The second-order valence-electron chi connectivity index (χ2n) is 9.41. The highest BCUT2D eigenvalue weighted by atomic mass is 32.2. The number of sulfonamides is 1. The van der Waals surface area contributed by atoms with Crippen LogP contribution >= 0.6 is 0 Å². The predicted molar refractivity (Wildman–Crippen MR) is 165 cm³/mol. The molecule has 17 heteroatoms. The molecule has 15 nitrogen and oxygen atoms in total. The van der Waals surface area contributed by atoms with Gasteiger partial charge in [-0.3, -0.25) is 4.55 Å². The largest absolute Gasteiger partial charge is 0.505 e. The lowest BCUT2D eigenvalue weighted by molar-refractivity contribution is 0.416. The summed E-state index contributed by atoms with van der Waals surface area (Å²) in [6.45, 7) is 1.71. The normalized spacial score (nSPS) is 12.2. The van der Waals surface area contributed by atoms with Gasteiger partial charge < -0.3 is 15.6 Å².